The number of nitrogens with zero attached hydrogens (tertiary/aromatic N) is 4. The van der Waals surface area contributed by atoms with Crippen molar-refractivity contribution in [2.75, 3.05) is 13.1 Å². The first-order valence-electron chi connectivity index (χ1n) is 11.2. The van der Waals surface area contributed by atoms with Gasteiger partial charge in [0.15, 0.2) is 0 Å². The maximum atomic E-state index is 12.7. The van der Waals surface area contributed by atoms with Crippen molar-refractivity contribution in [3.8, 4) is 0 Å². The number of ether oxygens (including phenoxy) is 1. The first-order chi connectivity index (χ1) is 16.1. The molecular formula is C25H31N5O4. The second-order valence-corrected chi connectivity index (χ2v) is 9.06. The fourth-order valence-electron chi connectivity index (χ4n) is 3.49. The summed E-state index contributed by atoms with van der Waals surface area (Å²) in [6, 6.07) is 10.8. The van der Waals surface area contributed by atoms with E-state index in [0.29, 0.717) is 42.5 Å². The summed E-state index contributed by atoms with van der Waals surface area (Å²) in [5.74, 6) is -0.202. The predicted octanol–water partition coefficient (Wildman–Crippen LogP) is 2.81. The highest BCUT2D eigenvalue weighted by Crippen LogP contribution is 2.14. The summed E-state index contributed by atoms with van der Waals surface area (Å²) in [5, 5.41) is 8.36. The van der Waals surface area contributed by atoms with E-state index in [9.17, 15) is 14.4 Å². The summed E-state index contributed by atoms with van der Waals surface area (Å²) in [6.07, 6.45) is 3.58. The molecule has 0 unspecified atom stereocenters. The second-order valence-electron chi connectivity index (χ2n) is 9.06. The zero-order chi connectivity index (χ0) is 24.7. The average Bonchev–Trinajstić information content (AvgIpc) is 2.79. The van der Waals surface area contributed by atoms with Gasteiger partial charge in [-0.3, -0.25) is 14.6 Å². The molecule has 0 aliphatic heterocycles. The van der Waals surface area contributed by atoms with Crippen molar-refractivity contribution < 1.29 is 14.3 Å². The van der Waals surface area contributed by atoms with E-state index in [-0.39, 0.29) is 17.9 Å². The lowest BCUT2D eigenvalue weighted by molar-refractivity contribution is -0.120. The van der Waals surface area contributed by atoms with Gasteiger partial charge in [-0.1, -0.05) is 24.3 Å². The van der Waals surface area contributed by atoms with E-state index in [1.807, 2.05) is 39.0 Å². The minimum absolute atomic E-state index is 0.0557. The van der Waals surface area contributed by atoms with Gasteiger partial charge in [0.05, 0.1) is 24.0 Å². The molecule has 9 nitrogen and oxygen atoms in total. The van der Waals surface area contributed by atoms with Crippen LogP contribution in [0.25, 0.3) is 10.8 Å². The predicted molar refractivity (Wildman–Crippen MR) is 129 cm³/mol. The maximum absolute atomic E-state index is 12.7. The Morgan fingerprint density at radius 1 is 1.12 bits per heavy atom. The van der Waals surface area contributed by atoms with Crippen molar-refractivity contribution in [1.29, 1.82) is 0 Å². The summed E-state index contributed by atoms with van der Waals surface area (Å²) in [4.78, 5) is 43.2. The molecule has 0 radical (unpaired) electrons. The van der Waals surface area contributed by atoms with E-state index in [1.165, 1.54) is 4.68 Å². The molecule has 0 aliphatic rings. The van der Waals surface area contributed by atoms with Crippen LogP contribution in [-0.4, -0.2) is 50.4 Å². The summed E-state index contributed by atoms with van der Waals surface area (Å²) in [7, 11) is 1.57. The Morgan fingerprint density at radius 2 is 1.85 bits per heavy atom. The van der Waals surface area contributed by atoms with Gasteiger partial charge in [0.1, 0.15) is 5.60 Å². The number of benzene rings is 1. The zero-order valence-electron chi connectivity index (χ0n) is 20.1. The minimum Gasteiger partial charge on any atom is -0.444 e. The highest BCUT2D eigenvalue weighted by Gasteiger charge is 2.22. The molecule has 0 saturated carbocycles. The van der Waals surface area contributed by atoms with Crippen molar-refractivity contribution >= 4 is 22.8 Å². The quantitative estimate of drug-likeness (QED) is 0.513. The molecule has 180 valence electrons. The van der Waals surface area contributed by atoms with Gasteiger partial charge in [-0.15, -0.1) is 0 Å². The molecule has 0 bridgehead atoms. The summed E-state index contributed by atoms with van der Waals surface area (Å²) in [6.45, 7) is 6.63. The molecule has 0 fully saturated rings. The normalized spacial score (nSPS) is 11.3. The number of hydrogen-bond acceptors (Lipinski definition) is 6. The molecule has 34 heavy (non-hydrogen) atoms. The van der Waals surface area contributed by atoms with Crippen LogP contribution < -0.4 is 10.9 Å². The third-order valence-corrected chi connectivity index (χ3v) is 5.04. The number of pyridine rings is 1. The van der Waals surface area contributed by atoms with E-state index in [2.05, 4.69) is 15.4 Å². The first kappa shape index (κ1) is 24.9. The summed E-state index contributed by atoms with van der Waals surface area (Å²) >= 11 is 0. The number of aromatic nitrogens is 3. The third-order valence-electron chi connectivity index (χ3n) is 5.04. The Hall–Kier alpha value is -3.75. The topological polar surface area (TPSA) is 106 Å². The summed E-state index contributed by atoms with van der Waals surface area (Å²) in [5.41, 5.74) is 0.632. The highest BCUT2D eigenvalue weighted by atomic mass is 16.6. The van der Waals surface area contributed by atoms with Crippen LogP contribution in [0.5, 0.6) is 0 Å². The third kappa shape index (κ3) is 6.87. The van der Waals surface area contributed by atoms with Gasteiger partial charge < -0.3 is 15.0 Å². The molecule has 2 aromatic heterocycles. The molecule has 0 spiro atoms. The van der Waals surface area contributed by atoms with Crippen LogP contribution in [0.4, 0.5) is 4.79 Å². The van der Waals surface area contributed by atoms with Crippen LogP contribution >= 0.6 is 0 Å². The number of aryl methyl sites for hydroxylation is 1. The van der Waals surface area contributed by atoms with E-state index >= 15 is 0 Å². The molecular weight excluding hydrogens is 434 g/mol. The molecule has 2 heterocycles. The number of rotatable bonds is 8. The highest BCUT2D eigenvalue weighted by molar-refractivity contribution is 5.88. The first-order valence-corrected chi connectivity index (χ1v) is 11.2. The average molecular weight is 466 g/mol. The number of nitrogens with one attached hydrogen (secondary N) is 1. The summed E-state index contributed by atoms with van der Waals surface area (Å²) < 4.78 is 6.79. The Bertz CT molecular complexity index is 1200. The van der Waals surface area contributed by atoms with Crippen LogP contribution in [0.2, 0.25) is 0 Å². The van der Waals surface area contributed by atoms with Gasteiger partial charge in [0, 0.05) is 37.9 Å². The van der Waals surface area contributed by atoms with Gasteiger partial charge in [-0.2, -0.15) is 5.10 Å². The van der Waals surface area contributed by atoms with Gasteiger partial charge in [0.2, 0.25) is 5.91 Å². The molecule has 0 aliphatic carbocycles. The maximum Gasteiger partial charge on any atom is 0.410 e. The van der Waals surface area contributed by atoms with Crippen LogP contribution in [0.1, 0.15) is 38.4 Å². The SMILES string of the molecule is Cn1nc(CC(=O)NCCCN(Cc2cccnc2)C(=O)OC(C)(C)C)c2ccccc2c1=O. The van der Waals surface area contributed by atoms with Gasteiger partial charge >= 0.3 is 6.09 Å². The zero-order valence-corrected chi connectivity index (χ0v) is 20.1. The molecule has 0 atom stereocenters. The van der Waals surface area contributed by atoms with Crippen LogP contribution in [0, 0.1) is 0 Å². The van der Waals surface area contributed by atoms with Crippen molar-refractivity contribution in [2.45, 2.75) is 45.8 Å². The number of hydrogen-bond donors (Lipinski definition) is 1. The molecule has 0 saturated heterocycles. The molecule has 3 rings (SSSR count). The monoisotopic (exact) mass is 465 g/mol. The Morgan fingerprint density at radius 3 is 2.53 bits per heavy atom. The van der Waals surface area contributed by atoms with Crippen molar-refractivity contribution in [3.05, 3.63) is 70.4 Å². The fourth-order valence-corrected chi connectivity index (χ4v) is 3.49. The Labute approximate surface area is 198 Å². The lowest BCUT2D eigenvalue weighted by Crippen LogP contribution is -2.38. The van der Waals surface area contributed by atoms with Gasteiger partial charge in [0.25, 0.3) is 5.56 Å². The van der Waals surface area contributed by atoms with Gasteiger partial charge in [-0.05, 0) is 44.9 Å². The van der Waals surface area contributed by atoms with Crippen molar-refractivity contribution in [2.24, 2.45) is 7.05 Å². The smallest absolute Gasteiger partial charge is 0.410 e. The molecule has 2 amide bonds. The molecule has 1 N–H and O–H groups in total. The number of fused-ring (bicyclic) bond motifs is 1. The fraction of sp³-hybridized carbons (Fsp3) is 0.400. The standard InChI is InChI=1S/C25H31N5O4/c1-25(2,3)34-24(33)30(17-18-9-7-12-26-16-18)14-8-13-27-22(31)15-21-19-10-5-6-11-20(19)23(32)29(4)28-21/h5-7,9-12,16H,8,13-15,17H2,1-4H3,(H,27,31). The number of carbonyl (C=O) groups excluding carboxylic acids is 2. The van der Waals surface area contributed by atoms with Gasteiger partial charge in [-0.25, -0.2) is 9.48 Å². The van der Waals surface area contributed by atoms with E-state index in [0.717, 1.165) is 5.56 Å². The van der Waals surface area contributed by atoms with E-state index in [1.54, 1.807) is 42.5 Å². The van der Waals surface area contributed by atoms with Crippen LogP contribution in [0.15, 0.2) is 53.6 Å². The lowest BCUT2D eigenvalue weighted by atomic mass is 10.1. The number of amides is 2. The van der Waals surface area contributed by atoms with Crippen molar-refractivity contribution in [1.82, 2.24) is 25.0 Å². The molecule has 9 heteroatoms. The molecule has 3 aromatic rings. The number of carbonyl (C=O) groups is 2. The molecule has 1 aromatic carbocycles. The van der Waals surface area contributed by atoms with E-state index < -0.39 is 11.7 Å². The second kappa shape index (κ2) is 10.9. The van der Waals surface area contributed by atoms with Crippen molar-refractivity contribution in [3.63, 3.8) is 0 Å². The lowest BCUT2D eigenvalue weighted by Gasteiger charge is -2.27. The Kier molecular flexibility index (Phi) is 7.99. The Balaban J connectivity index is 1.58. The largest absolute Gasteiger partial charge is 0.444 e. The van der Waals surface area contributed by atoms with Crippen LogP contribution in [0.3, 0.4) is 0 Å². The minimum atomic E-state index is -0.607. The van der Waals surface area contributed by atoms with E-state index in [4.69, 9.17) is 4.74 Å². The van der Waals surface area contributed by atoms with Crippen LogP contribution in [-0.2, 0) is 29.5 Å².